The van der Waals surface area contributed by atoms with Crippen molar-refractivity contribution in [2.24, 2.45) is 0 Å². The lowest BCUT2D eigenvalue weighted by Crippen LogP contribution is -2.08. The molecule has 1 aromatic rings. The number of hydrogen-bond acceptors (Lipinski definition) is 4. The van der Waals surface area contributed by atoms with E-state index in [-0.39, 0.29) is 0 Å². The van der Waals surface area contributed by atoms with E-state index in [0.717, 1.165) is 28.0 Å². The molecule has 1 aromatic carbocycles. The van der Waals surface area contributed by atoms with E-state index < -0.39 is 0 Å². The molecule has 0 spiro atoms. The Bertz CT molecular complexity index is 789. The molecule has 0 amide bonds. The van der Waals surface area contributed by atoms with Crippen LogP contribution in [0.1, 0.15) is 5.56 Å². The summed E-state index contributed by atoms with van der Waals surface area (Å²) < 4.78 is 5.86. The topological polar surface area (TPSA) is 53.1 Å². The van der Waals surface area contributed by atoms with Gasteiger partial charge in [-0.05, 0) is 30.7 Å². The molecule has 4 heteroatoms. The van der Waals surface area contributed by atoms with E-state index in [1.807, 2.05) is 50.2 Å². The monoisotopic (exact) mass is 253 g/mol. The van der Waals surface area contributed by atoms with Crippen molar-refractivity contribution < 1.29 is 4.42 Å². The summed E-state index contributed by atoms with van der Waals surface area (Å²) in [7, 11) is 3.97. The number of fused-ring (bicyclic) bond motifs is 2. The fraction of sp³-hybridized carbons (Fsp3) is 0.200. The molecular formula is C15H15N3O. The summed E-state index contributed by atoms with van der Waals surface area (Å²) >= 11 is 0. The Morgan fingerprint density at radius 2 is 1.95 bits per heavy atom. The van der Waals surface area contributed by atoms with E-state index in [9.17, 15) is 0 Å². The molecule has 1 heterocycles. The molecular weight excluding hydrogens is 238 g/mol. The van der Waals surface area contributed by atoms with Crippen molar-refractivity contribution >= 4 is 16.8 Å². The summed E-state index contributed by atoms with van der Waals surface area (Å²) in [6, 6.07) is 9.55. The normalized spacial score (nSPS) is 11.1. The van der Waals surface area contributed by atoms with Gasteiger partial charge in [-0.1, -0.05) is 0 Å². The van der Waals surface area contributed by atoms with Crippen LogP contribution in [-0.2, 0) is 0 Å². The Morgan fingerprint density at radius 3 is 2.68 bits per heavy atom. The first-order valence-electron chi connectivity index (χ1n) is 6.12. The second-order valence-corrected chi connectivity index (χ2v) is 4.90. The Morgan fingerprint density at radius 1 is 1.16 bits per heavy atom. The van der Waals surface area contributed by atoms with Crippen molar-refractivity contribution in [1.82, 2.24) is 4.98 Å². The average Bonchev–Trinajstić information content (AvgIpc) is 2.37. The molecule has 0 fully saturated rings. The van der Waals surface area contributed by atoms with Gasteiger partial charge in [0, 0.05) is 31.9 Å². The van der Waals surface area contributed by atoms with Crippen molar-refractivity contribution in [3.63, 3.8) is 0 Å². The number of hydrogen-bond donors (Lipinski definition) is 1. The van der Waals surface area contributed by atoms with Crippen LogP contribution in [-0.4, -0.2) is 19.1 Å². The number of nitrogens with zero attached hydrogens (tertiary/aromatic N) is 2. The largest absolute Gasteiger partial charge is 0.453 e. The number of aryl methyl sites for hydroxylation is 1. The third-order valence-corrected chi connectivity index (χ3v) is 3.23. The van der Waals surface area contributed by atoms with E-state index in [1.165, 1.54) is 0 Å². The Labute approximate surface area is 111 Å². The number of anilines is 1. The molecule has 0 unspecified atom stereocenters. The predicted octanol–water partition coefficient (Wildman–Crippen LogP) is 2.79. The Balaban J connectivity index is 2.33. The van der Waals surface area contributed by atoms with Crippen LogP contribution < -0.4 is 10.3 Å². The first kappa shape index (κ1) is 11.7. The molecule has 0 bridgehead atoms. The molecule has 1 N–H and O–H groups in total. The summed E-state index contributed by atoms with van der Waals surface area (Å²) in [6.07, 6.45) is 0. The first-order chi connectivity index (χ1) is 9.04. The molecule has 1 aliphatic carbocycles. The van der Waals surface area contributed by atoms with Crippen LogP contribution in [0.5, 0.6) is 0 Å². The van der Waals surface area contributed by atoms with E-state index in [0.29, 0.717) is 11.1 Å². The summed E-state index contributed by atoms with van der Waals surface area (Å²) in [5.74, 6) is 0.652. The maximum Gasteiger partial charge on any atom is 0.155 e. The fourth-order valence-electron chi connectivity index (χ4n) is 2.05. The lowest BCUT2D eigenvalue weighted by Gasteiger charge is -2.13. The fourth-order valence-corrected chi connectivity index (χ4v) is 2.05. The van der Waals surface area contributed by atoms with Gasteiger partial charge in [0.2, 0.25) is 0 Å². The highest BCUT2D eigenvalue weighted by Crippen LogP contribution is 2.26. The molecule has 96 valence electrons. The minimum atomic E-state index is 0.473. The summed E-state index contributed by atoms with van der Waals surface area (Å²) in [6.45, 7) is 1.91. The summed E-state index contributed by atoms with van der Waals surface area (Å²) in [5, 5.41) is 8.30. The Kier molecular flexibility index (Phi) is 2.52. The number of rotatable bonds is 1. The van der Waals surface area contributed by atoms with Gasteiger partial charge in [-0.25, -0.2) is 4.98 Å². The predicted molar refractivity (Wildman–Crippen MR) is 75.5 cm³/mol. The summed E-state index contributed by atoms with van der Waals surface area (Å²) in [4.78, 5) is 6.60. The third kappa shape index (κ3) is 1.95. The van der Waals surface area contributed by atoms with Gasteiger partial charge in [-0.2, -0.15) is 0 Å². The molecule has 0 radical (unpaired) electrons. The van der Waals surface area contributed by atoms with Gasteiger partial charge in [0.25, 0.3) is 0 Å². The highest BCUT2D eigenvalue weighted by atomic mass is 16.3. The van der Waals surface area contributed by atoms with Gasteiger partial charge < -0.3 is 14.7 Å². The number of nitrogens with one attached hydrogen (secondary N) is 1. The van der Waals surface area contributed by atoms with Crippen LogP contribution in [0.3, 0.4) is 0 Å². The van der Waals surface area contributed by atoms with Crippen LogP contribution in [0.25, 0.3) is 22.6 Å². The molecule has 0 saturated heterocycles. The average molecular weight is 253 g/mol. The van der Waals surface area contributed by atoms with Crippen LogP contribution in [0, 0.1) is 12.3 Å². The molecule has 0 aromatic heterocycles. The molecule has 3 rings (SSSR count). The molecule has 1 aliphatic heterocycles. The van der Waals surface area contributed by atoms with Gasteiger partial charge in [-0.3, -0.25) is 0 Å². The zero-order chi connectivity index (χ0) is 13.6. The number of aromatic nitrogens is 1. The van der Waals surface area contributed by atoms with Crippen molar-refractivity contribution in [3.8, 4) is 11.5 Å². The third-order valence-electron chi connectivity index (χ3n) is 3.23. The molecule has 0 saturated carbocycles. The standard InChI is InChI=1S/C15H15N3O/c1-9-6-13-15(8-11(9)16)19-14-7-10(18(2)3)4-5-12(14)17-13/h4-8,16H,1-3H3. The van der Waals surface area contributed by atoms with Gasteiger partial charge in [0.1, 0.15) is 11.2 Å². The highest BCUT2D eigenvalue weighted by Gasteiger charge is 2.10. The highest BCUT2D eigenvalue weighted by molar-refractivity contribution is 5.80. The minimum Gasteiger partial charge on any atom is -0.453 e. The lowest BCUT2D eigenvalue weighted by atomic mass is 10.1. The maximum atomic E-state index is 7.82. The van der Waals surface area contributed by atoms with Crippen molar-refractivity contribution in [2.75, 3.05) is 19.0 Å². The minimum absolute atomic E-state index is 0.473. The van der Waals surface area contributed by atoms with Crippen LogP contribution in [0.4, 0.5) is 5.69 Å². The zero-order valence-corrected chi connectivity index (χ0v) is 11.2. The second kappa shape index (κ2) is 4.09. The summed E-state index contributed by atoms with van der Waals surface area (Å²) in [5.41, 5.74) is 4.32. The molecule has 0 atom stereocenters. The van der Waals surface area contributed by atoms with Crippen molar-refractivity contribution in [1.29, 1.82) is 5.41 Å². The quantitative estimate of drug-likeness (QED) is 0.678. The van der Waals surface area contributed by atoms with E-state index in [1.54, 1.807) is 6.07 Å². The van der Waals surface area contributed by atoms with E-state index in [4.69, 9.17) is 9.83 Å². The first-order valence-corrected chi connectivity index (χ1v) is 6.12. The van der Waals surface area contributed by atoms with Crippen molar-refractivity contribution in [3.05, 3.63) is 41.3 Å². The van der Waals surface area contributed by atoms with Crippen LogP contribution in [0.2, 0.25) is 0 Å². The van der Waals surface area contributed by atoms with Crippen LogP contribution >= 0.6 is 0 Å². The molecule has 2 aliphatic rings. The van der Waals surface area contributed by atoms with E-state index in [2.05, 4.69) is 4.98 Å². The van der Waals surface area contributed by atoms with Gasteiger partial charge in [0.05, 0.1) is 5.36 Å². The van der Waals surface area contributed by atoms with Gasteiger partial charge in [0.15, 0.2) is 11.3 Å². The number of benzene rings is 2. The van der Waals surface area contributed by atoms with Gasteiger partial charge in [-0.15, -0.1) is 0 Å². The smallest absolute Gasteiger partial charge is 0.155 e. The molecule has 19 heavy (non-hydrogen) atoms. The van der Waals surface area contributed by atoms with Crippen LogP contribution in [0.15, 0.2) is 34.7 Å². The Hall–Kier alpha value is -2.36. The van der Waals surface area contributed by atoms with Crippen molar-refractivity contribution in [2.45, 2.75) is 6.92 Å². The maximum absolute atomic E-state index is 7.82. The van der Waals surface area contributed by atoms with Gasteiger partial charge >= 0.3 is 0 Å². The van der Waals surface area contributed by atoms with E-state index >= 15 is 0 Å². The lowest BCUT2D eigenvalue weighted by molar-refractivity contribution is 0.611. The second-order valence-electron chi connectivity index (χ2n) is 4.90. The SMILES string of the molecule is Cc1cc2nc3ccc(N(C)C)cc3oc-2cc1=N. The zero-order valence-electron chi connectivity index (χ0n) is 11.2. The molecule has 4 nitrogen and oxygen atoms in total.